The zero-order valence-corrected chi connectivity index (χ0v) is 7.36. The smallest absolute Gasteiger partial charge is 0.180 e. The van der Waals surface area contributed by atoms with E-state index < -0.39 is 0 Å². The van der Waals surface area contributed by atoms with E-state index in [1.165, 1.54) is 0 Å². The van der Waals surface area contributed by atoms with Gasteiger partial charge >= 0.3 is 0 Å². The molecular formula is C7H13N5. The van der Waals surface area contributed by atoms with Crippen LogP contribution in [0.15, 0.2) is 0 Å². The molecule has 1 aromatic heterocycles. The van der Waals surface area contributed by atoms with E-state index in [1.54, 1.807) is 0 Å². The Hall–Kier alpha value is -0.970. The summed E-state index contributed by atoms with van der Waals surface area (Å²) in [5.41, 5.74) is 0. The fourth-order valence-corrected chi connectivity index (χ4v) is 1.44. The minimum absolute atomic E-state index is 0.492. The molecule has 1 N–H and O–H groups in total. The van der Waals surface area contributed by atoms with Crippen molar-refractivity contribution in [2.45, 2.75) is 25.8 Å². The standard InChI is InChI=1S/C7H13N5/c1-5(2)12-3-6(4-12)7-8-10-11-9-7/h5-6H,3-4H2,1-2H3,(H,8,9,10,11). The predicted octanol–water partition coefficient (Wildman–Crippen LogP) is 0.00730. The molecule has 2 rings (SSSR count). The topological polar surface area (TPSA) is 57.7 Å². The SMILES string of the molecule is CC(C)N1CC(c2nn[nH]n2)C1. The predicted molar refractivity (Wildman–Crippen MR) is 43.6 cm³/mol. The molecule has 0 aromatic carbocycles. The highest BCUT2D eigenvalue weighted by Crippen LogP contribution is 2.24. The molecule has 0 radical (unpaired) electrons. The summed E-state index contributed by atoms with van der Waals surface area (Å²) >= 11 is 0. The lowest BCUT2D eigenvalue weighted by atomic mass is 9.98. The maximum atomic E-state index is 3.96. The molecule has 1 saturated heterocycles. The molecule has 0 aliphatic carbocycles. The Balaban J connectivity index is 1.90. The number of H-pyrrole nitrogens is 1. The van der Waals surface area contributed by atoms with Crippen molar-refractivity contribution < 1.29 is 0 Å². The second-order valence-corrected chi connectivity index (χ2v) is 3.51. The van der Waals surface area contributed by atoms with Crippen LogP contribution in [0, 0.1) is 0 Å². The summed E-state index contributed by atoms with van der Waals surface area (Å²) in [4.78, 5) is 2.39. The Kier molecular flexibility index (Phi) is 1.80. The van der Waals surface area contributed by atoms with E-state index in [0.29, 0.717) is 12.0 Å². The first-order valence-corrected chi connectivity index (χ1v) is 4.24. The first-order valence-electron chi connectivity index (χ1n) is 4.24. The first-order chi connectivity index (χ1) is 5.77. The molecule has 0 unspecified atom stereocenters. The van der Waals surface area contributed by atoms with Crippen molar-refractivity contribution in [3.05, 3.63) is 5.82 Å². The van der Waals surface area contributed by atoms with Gasteiger partial charge in [0.1, 0.15) is 0 Å². The van der Waals surface area contributed by atoms with Gasteiger partial charge in [-0.2, -0.15) is 5.21 Å². The molecular weight excluding hydrogens is 154 g/mol. The van der Waals surface area contributed by atoms with Gasteiger partial charge in [-0.3, -0.25) is 4.90 Å². The second kappa shape index (κ2) is 2.82. The van der Waals surface area contributed by atoms with Gasteiger partial charge in [-0.1, -0.05) is 5.21 Å². The summed E-state index contributed by atoms with van der Waals surface area (Å²) < 4.78 is 0. The van der Waals surface area contributed by atoms with Crippen LogP contribution in [0.3, 0.4) is 0 Å². The fraction of sp³-hybridized carbons (Fsp3) is 0.857. The summed E-state index contributed by atoms with van der Waals surface area (Å²) in [6.45, 7) is 6.54. The highest BCUT2D eigenvalue weighted by atomic mass is 15.5. The molecule has 5 heteroatoms. The van der Waals surface area contributed by atoms with E-state index >= 15 is 0 Å². The molecule has 12 heavy (non-hydrogen) atoms. The Morgan fingerprint density at radius 1 is 1.50 bits per heavy atom. The van der Waals surface area contributed by atoms with Gasteiger partial charge in [0.15, 0.2) is 5.82 Å². The summed E-state index contributed by atoms with van der Waals surface area (Å²) in [5.74, 6) is 1.35. The minimum Gasteiger partial charge on any atom is -0.299 e. The zero-order chi connectivity index (χ0) is 8.55. The van der Waals surface area contributed by atoms with E-state index in [-0.39, 0.29) is 0 Å². The van der Waals surface area contributed by atoms with Crippen molar-refractivity contribution in [3.8, 4) is 0 Å². The van der Waals surface area contributed by atoms with E-state index in [4.69, 9.17) is 0 Å². The van der Waals surface area contributed by atoms with Gasteiger partial charge in [0, 0.05) is 25.0 Å². The van der Waals surface area contributed by atoms with Crippen molar-refractivity contribution in [3.63, 3.8) is 0 Å². The third-order valence-electron chi connectivity index (χ3n) is 2.37. The van der Waals surface area contributed by atoms with Crippen molar-refractivity contribution in [2.75, 3.05) is 13.1 Å². The maximum absolute atomic E-state index is 3.96. The fourth-order valence-electron chi connectivity index (χ4n) is 1.44. The summed E-state index contributed by atoms with van der Waals surface area (Å²) in [5, 5.41) is 13.9. The van der Waals surface area contributed by atoms with E-state index in [0.717, 1.165) is 18.9 Å². The first kappa shape index (κ1) is 7.67. The van der Waals surface area contributed by atoms with Crippen LogP contribution in [0.2, 0.25) is 0 Å². The van der Waals surface area contributed by atoms with Crippen LogP contribution in [0.4, 0.5) is 0 Å². The lowest BCUT2D eigenvalue weighted by Gasteiger charge is -2.40. The largest absolute Gasteiger partial charge is 0.299 e. The molecule has 0 saturated carbocycles. The maximum Gasteiger partial charge on any atom is 0.180 e. The van der Waals surface area contributed by atoms with Gasteiger partial charge in [0.05, 0.1) is 0 Å². The van der Waals surface area contributed by atoms with E-state index in [9.17, 15) is 0 Å². The molecule has 0 atom stereocenters. The Morgan fingerprint density at radius 2 is 2.25 bits per heavy atom. The minimum atomic E-state index is 0.492. The Morgan fingerprint density at radius 3 is 2.75 bits per heavy atom. The summed E-state index contributed by atoms with van der Waals surface area (Å²) in [6.07, 6.45) is 0. The summed E-state index contributed by atoms with van der Waals surface area (Å²) in [6, 6.07) is 0.633. The third-order valence-corrected chi connectivity index (χ3v) is 2.37. The lowest BCUT2D eigenvalue weighted by Crippen LogP contribution is -2.48. The molecule has 0 spiro atoms. The Labute approximate surface area is 71.1 Å². The molecule has 1 aliphatic heterocycles. The quantitative estimate of drug-likeness (QED) is 0.674. The van der Waals surface area contributed by atoms with Crippen LogP contribution < -0.4 is 0 Å². The number of aromatic nitrogens is 4. The zero-order valence-electron chi connectivity index (χ0n) is 7.36. The molecule has 66 valence electrons. The van der Waals surface area contributed by atoms with Crippen LogP contribution in [0.1, 0.15) is 25.6 Å². The number of tetrazole rings is 1. The van der Waals surface area contributed by atoms with Gasteiger partial charge in [0.2, 0.25) is 0 Å². The average molecular weight is 167 g/mol. The number of rotatable bonds is 2. The van der Waals surface area contributed by atoms with Gasteiger partial charge in [-0.25, -0.2) is 0 Å². The van der Waals surface area contributed by atoms with Gasteiger partial charge in [-0.15, -0.1) is 10.2 Å². The average Bonchev–Trinajstić information content (AvgIpc) is 2.34. The Bertz CT molecular complexity index is 236. The third kappa shape index (κ3) is 1.20. The van der Waals surface area contributed by atoms with Crippen molar-refractivity contribution >= 4 is 0 Å². The van der Waals surface area contributed by atoms with Gasteiger partial charge in [0.25, 0.3) is 0 Å². The van der Waals surface area contributed by atoms with Crippen molar-refractivity contribution in [2.24, 2.45) is 0 Å². The lowest BCUT2D eigenvalue weighted by molar-refractivity contribution is 0.106. The highest BCUT2D eigenvalue weighted by Gasteiger charge is 2.32. The molecule has 0 bridgehead atoms. The number of hydrogen-bond donors (Lipinski definition) is 1. The van der Waals surface area contributed by atoms with Crippen LogP contribution in [0.5, 0.6) is 0 Å². The van der Waals surface area contributed by atoms with Crippen molar-refractivity contribution in [1.29, 1.82) is 0 Å². The number of aromatic amines is 1. The summed E-state index contributed by atoms with van der Waals surface area (Å²) in [7, 11) is 0. The molecule has 1 aromatic rings. The molecule has 0 amide bonds. The highest BCUT2D eigenvalue weighted by molar-refractivity contribution is 5.01. The molecule has 1 fully saturated rings. The number of nitrogens with one attached hydrogen (secondary N) is 1. The molecule has 5 nitrogen and oxygen atoms in total. The van der Waals surface area contributed by atoms with Crippen LogP contribution in [0.25, 0.3) is 0 Å². The van der Waals surface area contributed by atoms with Gasteiger partial charge in [-0.05, 0) is 13.8 Å². The second-order valence-electron chi connectivity index (χ2n) is 3.51. The van der Waals surface area contributed by atoms with Crippen LogP contribution in [-0.2, 0) is 0 Å². The van der Waals surface area contributed by atoms with Gasteiger partial charge < -0.3 is 0 Å². The van der Waals surface area contributed by atoms with Crippen LogP contribution in [-0.4, -0.2) is 44.7 Å². The number of likely N-dealkylation sites (tertiary alicyclic amines) is 1. The number of hydrogen-bond acceptors (Lipinski definition) is 4. The number of nitrogens with zero attached hydrogens (tertiary/aromatic N) is 4. The molecule has 1 aliphatic rings. The van der Waals surface area contributed by atoms with Crippen LogP contribution >= 0.6 is 0 Å². The van der Waals surface area contributed by atoms with Crippen molar-refractivity contribution in [1.82, 2.24) is 25.5 Å². The van der Waals surface area contributed by atoms with E-state index in [1.807, 2.05) is 0 Å². The molecule has 2 heterocycles. The monoisotopic (exact) mass is 167 g/mol. The van der Waals surface area contributed by atoms with E-state index in [2.05, 4.69) is 39.4 Å². The normalized spacial score (nSPS) is 19.9.